The summed E-state index contributed by atoms with van der Waals surface area (Å²) >= 11 is 0. The molecule has 6 nitrogen and oxygen atoms in total. The summed E-state index contributed by atoms with van der Waals surface area (Å²) in [6.45, 7) is 5.18. The van der Waals surface area contributed by atoms with Crippen LogP contribution >= 0.6 is 0 Å². The fourth-order valence-corrected chi connectivity index (χ4v) is 3.37. The van der Waals surface area contributed by atoms with Gasteiger partial charge in [-0.3, -0.25) is 4.79 Å². The van der Waals surface area contributed by atoms with Crippen molar-refractivity contribution in [2.45, 2.75) is 52.0 Å². The topological polar surface area (TPSA) is 81.4 Å². The third-order valence-electron chi connectivity index (χ3n) is 4.66. The third-order valence-corrected chi connectivity index (χ3v) is 4.66. The highest BCUT2D eigenvalue weighted by molar-refractivity contribution is 5.93. The maximum absolute atomic E-state index is 12.3. The van der Waals surface area contributed by atoms with Gasteiger partial charge in [0, 0.05) is 5.92 Å². The molecule has 1 heterocycles. The largest absolute Gasteiger partial charge is 0.452 e. The van der Waals surface area contributed by atoms with Gasteiger partial charge in [-0.25, -0.2) is 4.79 Å². The van der Waals surface area contributed by atoms with Crippen molar-refractivity contribution < 1.29 is 18.8 Å². The highest BCUT2D eigenvalue weighted by Gasteiger charge is 2.25. The molecule has 1 aliphatic rings. The van der Waals surface area contributed by atoms with Crippen LogP contribution in [0.1, 0.15) is 71.6 Å². The molecule has 0 unspecified atom stereocenters. The molecule has 1 atom stereocenters. The molecule has 0 spiro atoms. The summed E-state index contributed by atoms with van der Waals surface area (Å²) in [5.74, 6) is -0.396. The van der Waals surface area contributed by atoms with E-state index in [9.17, 15) is 9.59 Å². The molecule has 0 saturated heterocycles. The first-order chi connectivity index (χ1) is 12.5. The lowest BCUT2D eigenvalue weighted by molar-refractivity contribution is -0.125. The van der Waals surface area contributed by atoms with Crippen LogP contribution < -0.4 is 5.32 Å². The maximum Gasteiger partial charge on any atom is 0.344 e. The quantitative estimate of drug-likeness (QED) is 0.830. The van der Waals surface area contributed by atoms with Crippen LogP contribution in [0, 0.1) is 6.92 Å². The molecular formula is C20H24N2O4. The number of hydrogen-bond acceptors (Lipinski definition) is 5. The number of carbonyl (C=O) groups excluding carboxylic acids is 2. The minimum Gasteiger partial charge on any atom is -0.452 e. The summed E-state index contributed by atoms with van der Waals surface area (Å²) in [4.78, 5) is 24.6. The van der Waals surface area contributed by atoms with Gasteiger partial charge in [-0.15, -0.1) is 0 Å². The smallest absolute Gasteiger partial charge is 0.344 e. The van der Waals surface area contributed by atoms with Crippen molar-refractivity contribution in [3.63, 3.8) is 0 Å². The second kappa shape index (κ2) is 7.72. The second-order valence-electron chi connectivity index (χ2n) is 6.95. The summed E-state index contributed by atoms with van der Waals surface area (Å²) < 4.78 is 10.4. The predicted octanol–water partition coefficient (Wildman–Crippen LogP) is 3.46. The Bertz CT molecular complexity index is 810. The first kappa shape index (κ1) is 18.2. The van der Waals surface area contributed by atoms with Gasteiger partial charge in [0.25, 0.3) is 5.91 Å². The van der Waals surface area contributed by atoms with E-state index in [0.717, 1.165) is 24.8 Å². The van der Waals surface area contributed by atoms with Crippen molar-refractivity contribution in [2.75, 3.05) is 6.61 Å². The van der Waals surface area contributed by atoms with Gasteiger partial charge in [0.1, 0.15) is 5.56 Å². The highest BCUT2D eigenvalue weighted by atomic mass is 16.5. The number of hydrogen-bond donors (Lipinski definition) is 1. The Kier molecular flexibility index (Phi) is 5.40. The van der Waals surface area contributed by atoms with Crippen molar-refractivity contribution in [1.29, 1.82) is 0 Å². The molecule has 0 radical (unpaired) electrons. The van der Waals surface area contributed by atoms with E-state index in [2.05, 4.69) is 16.5 Å². The standard InChI is InChI=1S/C20H24N2O4/c1-12(2)19-18(13(3)22-26-19)20(24)25-11-17(23)21-16-10-6-8-14-7-4-5-9-15(14)16/h4-5,7,9,12,16H,6,8,10-11H2,1-3H3,(H,21,23)/t16-/m0/s1. The molecule has 0 fully saturated rings. The lowest BCUT2D eigenvalue weighted by atomic mass is 9.88. The minimum atomic E-state index is -0.577. The van der Waals surface area contributed by atoms with E-state index < -0.39 is 5.97 Å². The van der Waals surface area contributed by atoms with Crippen LogP contribution in [0.3, 0.4) is 0 Å². The Labute approximate surface area is 152 Å². The monoisotopic (exact) mass is 356 g/mol. The molecule has 1 N–H and O–H groups in total. The van der Waals surface area contributed by atoms with E-state index in [1.165, 1.54) is 5.56 Å². The van der Waals surface area contributed by atoms with Gasteiger partial charge in [-0.2, -0.15) is 0 Å². The Morgan fingerprint density at radius 1 is 1.35 bits per heavy atom. The van der Waals surface area contributed by atoms with Crippen LogP contribution in [-0.2, 0) is 16.0 Å². The number of rotatable bonds is 5. The Balaban J connectivity index is 1.60. The summed E-state index contributed by atoms with van der Waals surface area (Å²) in [6, 6.07) is 8.09. The number of ether oxygens (including phenoxy) is 1. The first-order valence-corrected chi connectivity index (χ1v) is 8.97. The van der Waals surface area contributed by atoms with Crippen LogP contribution in [-0.4, -0.2) is 23.6 Å². The summed E-state index contributed by atoms with van der Waals surface area (Å²) in [6.07, 6.45) is 2.95. The van der Waals surface area contributed by atoms with Gasteiger partial charge in [-0.05, 0) is 37.3 Å². The van der Waals surface area contributed by atoms with Gasteiger partial charge < -0.3 is 14.6 Å². The van der Waals surface area contributed by atoms with Crippen molar-refractivity contribution in [2.24, 2.45) is 0 Å². The number of aromatic nitrogens is 1. The molecule has 2 aromatic rings. The van der Waals surface area contributed by atoms with Crippen LogP contribution in [0.2, 0.25) is 0 Å². The molecule has 6 heteroatoms. The zero-order valence-corrected chi connectivity index (χ0v) is 15.4. The lowest BCUT2D eigenvalue weighted by Gasteiger charge is -2.26. The van der Waals surface area contributed by atoms with Crippen LogP contribution in [0.4, 0.5) is 0 Å². The van der Waals surface area contributed by atoms with Crippen LogP contribution in [0.25, 0.3) is 0 Å². The number of carbonyl (C=O) groups is 2. The van der Waals surface area contributed by atoms with Crippen LogP contribution in [0.15, 0.2) is 28.8 Å². The predicted molar refractivity (Wildman–Crippen MR) is 95.9 cm³/mol. The Hall–Kier alpha value is -2.63. The van der Waals surface area contributed by atoms with E-state index in [1.54, 1.807) is 6.92 Å². The molecule has 1 amide bonds. The van der Waals surface area contributed by atoms with Gasteiger partial charge in [-0.1, -0.05) is 43.3 Å². The van der Waals surface area contributed by atoms with Gasteiger partial charge in [0.05, 0.1) is 11.7 Å². The number of amides is 1. The minimum absolute atomic E-state index is 0.00585. The van der Waals surface area contributed by atoms with E-state index in [4.69, 9.17) is 9.26 Å². The fourth-order valence-electron chi connectivity index (χ4n) is 3.37. The normalized spacial score (nSPS) is 16.2. The average Bonchev–Trinajstić information content (AvgIpc) is 3.02. The average molecular weight is 356 g/mol. The fraction of sp³-hybridized carbons (Fsp3) is 0.450. The molecular weight excluding hydrogens is 332 g/mol. The second-order valence-corrected chi connectivity index (χ2v) is 6.95. The molecule has 138 valence electrons. The number of nitrogens with zero attached hydrogens (tertiary/aromatic N) is 1. The number of aryl methyl sites for hydroxylation is 2. The first-order valence-electron chi connectivity index (χ1n) is 8.97. The molecule has 0 bridgehead atoms. The van der Waals surface area contributed by atoms with Gasteiger partial charge >= 0.3 is 5.97 Å². The zero-order valence-electron chi connectivity index (χ0n) is 15.4. The molecule has 0 saturated carbocycles. The van der Waals surface area contributed by atoms with Crippen molar-refractivity contribution in [1.82, 2.24) is 10.5 Å². The maximum atomic E-state index is 12.3. The van der Waals surface area contributed by atoms with Crippen LogP contribution in [0.5, 0.6) is 0 Å². The number of benzene rings is 1. The van der Waals surface area contributed by atoms with Crippen molar-refractivity contribution in [3.05, 3.63) is 52.4 Å². The molecule has 1 aromatic heterocycles. The highest BCUT2D eigenvalue weighted by Crippen LogP contribution is 2.29. The SMILES string of the molecule is Cc1noc(C(C)C)c1C(=O)OCC(=O)N[C@H]1CCCc2ccccc21. The Morgan fingerprint density at radius 2 is 2.12 bits per heavy atom. The lowest BCUT2D eigenvalue weighted by Crippen LogP contribution is -2.34. The van der Waals surface area contributed by atoms with E-state index in [0.29, 0.717) is 17.0 Å². The van der Waals surface area contributed by atoms with Crippen molar-refractivity contribution >= 4 is 11.9 Å². The molecule has 26 heavy (non-hydrogen) atoms. The third kappa shape index (κ3) is 3.79. The van der Waals surface area contributed by atoms with Crippen molar-refractivity contribution in [3.8, 4) is 0 Å². The summed E-state index contributed by atoms with van der Waals surface area (Å²) in [5.41, 5.74) is 3.20. The van der Waals surface area contributed by atoms with E-state index >= 15 is 0 Å². The molecule has 3 rings (SSSR count). The Morgan fingerprint density at radius 3 is 2.88 bits per heavy atom. The van der Waals surface area contributed by atoms with Gasteiger partial charge in [0.2, 0.25) is 0 Å². The summed E-state index contributed by atoms with van der Waals surface area (Å²) in [5, 5.41) is 6.80. The molecule has 0 aliphatic heterocycles. The van der Waals surface area contributed by atoms with E-state index in [1.807, 2.05) is 32.0 Å². The van der Waals surface area contributed by atoms with E-state index in [-0.39, 0.29) is 24.5 Å². The zero-order chi connectivity index (χ0) is 18.7. The van der Waals surface area contributed by atoms with Gasteiger partial charge in [0.15, 0.2) is 12.4 Å². The summed E-state index contributed by atoms with van der Waals surface area (Å²) in [7, 11) is 0. The number of fused-ring (bicyclic) bond motifs is 1. The number of nitrogens with one attached hydrogen (secondary N) is 1. The number of esters is 1. The molecule has 1 aromatic carbocycles. The molecule has 1 aliphatic carbocycles.